The number of nitrogens with two attached hydrogens (primary N) is 1. The lowest BCUT2D eigenvalue weighted by Gasteiger charge is -2.27. The molecule has 0 bridgehead atoms. The number of methoxy groups -OCH3 is 1. The van der Waals surface area contributed by atoms with Gasteiger partial charge < -0.3 is 10.5 Å². The van der Waals surface area contributed by atoms with Gasteiger partial charge in [0.1, 0.15) is 5.75 Å². The standard InChI is InChI=1S/C22H21N3O2/c1-13-20-17(25-22(23)24-13)11-15(12-18(20)26)21-16(9-6-10-19(21)27-2)14-7-4-3-5-8-14/h3-10,15H,11-12H2,1-2H3,(H2,23,24,25). The second kappa shape index (κ2) is 6.83. The molecule has 5 heteroatoms. The Morgan fingerprint density at radius 3 is 2.56 bits per heavy atom. The number of Topliss-reactive ketones (excluding diaryl/α,β-unsaturated/α-hetero) is 1. The van der Waals surface area contributed by atoms with Gasteiger partial charge in [0, 0.05) is 17.9 Å². The predicted octanol–water partition coefficient (Wildman–Crippen LogP) is 3.96. The van der Waals surface area contributed by atoms with Gasteiger partial charge in [-0.25, -0.2) is 9.97 Å². The highest BCUT2D eigenvalue weighted by Crippen LogP contribution is 2.42. The third-order valence-electron chi connectivity index (χ3n) is 5.11. The van der Waals surface area contributed by atoms with Crippen LogP contribution in [0.15, 0.2) is 48.5 Å². The molecule has 5 nitrogen and oxygen atoms in total. The van der Waals surface area contributed by atoms with Crippen molar-refractivity contribution in [3.8, 4) is 16.9 Å². The molecule has 0 aliphatic heterocycles. The van der Waals surface area contributed by atoms with E-state index in [0.717, 1.165) is 28.1 Å². The molecule has 4 rings (SSSR count). The van der Waals surface area contributed by atoms with E-state index >= 15 is 0 Å². The van der Waals surface area contributed by atoms with Crippen LogP contribution in [0, 0.1) is 6.92 Å². The summed E-state index contributed by atoms with van der Waals surface area (Å²) in [6.45, 7) is 1.81. The number of hydrogen-bond acceptors (Lipinski definition) is 5. The van der Waals surface area contributed by atoms with Crippen LogP contribution in [0.5, 0.6) is 5.75 Å². The van der Waals surface area contributed by atoms with Gasteiger partial charge in [-0.1, -0.05) is 42.5 Å². The fourth-order valence-electron chi connectivity index (χ4n) is 4.01. The van der Waals surface area contributed by atoms with Gasteiger partial charge in [-0.3, -0.25) is 4.79 Å². The van der Waals surface area contributed by atoms with E-state index in [9.17, 15) is 4.79 Å². The van der Waals surface area contributed by atoms with Crippen LogP contribution in [0.25, 0.3) is 11.1 Å². The second-order valence-corrected chi connectivity index (χ2v) is 6.80. The monoisotopic (exact) mass is 359 g/mol. The van der Waals surface area contributed by atoms with Gasteiger partial charge in [-0.15, -0.1) is 0 Å². The van der Waals surface area contributed by atoms with E-state index < -0.39 is 0 Å². The lowest BCUT2D eigenvalue weighted by Crippen LogP contribution is -2.23. The average Bonchev–Trinajstić information content (AvgIpc) is 2.67. The van der Waals surface area contributed by atoms with Crippen LogP contribution in [-0.4, -0.2) is 22.9 Å². The van der Waals surface area contributed by atoms with Gasteiger partial charge >= 0.3 is 0 Å². The molecule has 3 aromatic rings. The number of ketones is 1. The number of benzene rings is 2. The van der Waals surface area contributed by atoms with E-state index in [-0.39, 0.29) is 17.6 Å². The van der Waals surface area contributed by atoms with E-state index in [4.69, 9.17) is 10.5 Å². The van der Waals surface area contributed by atoms with Crippen molar-refractivity contribution >= 4 is 11.7 Å². The van der Waals surface area contributed by atoms with Crippen molar-refractivity contribution in [1.82, 2.24) is 9.97 Å². The Kier molecular flexibility index (Phi) is 4.36. The topological polar surface area (TPSA) is 78.1 Å². The Balaban J connectivity index is 1.86. The number of carbonyl (C=O) groups excluding carboxylic acids is 1. The minimum absolute atomic E-state index is 0.0231. The highest BCUT2D eigenvalue weighted by atomic mass is 16.5. The van der Waals surface area contributed by atoms with Crippen LogP contribution in [-0.2, 0) is 6.42 Å². The van der Waals surface area contributed by atoms with Crippen molar-refractivity contribution < 1.29 is 9.53 Å². The van der Waals surface area contributed by atoms with Crippen LogP contribution < -0.4 is 10.5 Å². The number of carbonyl (C=O) groups is 1. The molecule has 2 N–H and O–H groups in total. The lowest BCUT2D eigenvalue weighted by molar-refractivity contribution is 0.0961. The van der Waals surface area contributed by atoms with Gasteiger partial charge in [0.2, 0.25) is 5.95 Å². The van der Waals surface area contributed by atoms with Crippen molar-refractivity contribution in [3.05, 3.63) is 71.0 Å². The van der Waals surface area contributed by atoms with Gasteiger partial charge in [0.15, 0.2) is 5.78 Å². The molecule has 1 heterocycles. The Hall–Kier alpha value is -3.21. The van der Waals surface area contributed by atoms with Gasteiger partial charge in [0.25, 0.3) is 0 Å². The predicted molar refractivity (Wildman–Crippen MR) is 105 cm³/mol. The second-order valence-electron chi connectivity index (χ2n) is 6.80. The highest BCUT2D eigenvalue weighted by molar-refractivity contribution is 6.00. The molecule has 27 heavy (non-hydrogen) atoms. The number of fused-ring (bicyclic) bond motifs is 1. The first-order valence-corrected chi connectivity index (χ1v) is 8.97. The Morgan fingerprint density at radius 2 is 1.81 bits per heavy atom. The van der Waals surface area contributed by atoms with Crippen molar-refractivity contribution in [2.45, 2.75) is 25.7 Å². The molecule has 2 aromatic carbocycles. The molecule has 1 unspecified atom stereocenters. The summed E-state index contributed by atoms with van der Waals surface area (Å²) in [7, 11) is 1.66. The summed E-state index contributed by atoms with van der Waals surface area (Å²) in [5.41, 5.74) is 11.1. The molecule has 0 fully saturated rings. The van der Waals surface area contributed by atoms with Crippen molar-refractivity contribution in [3.63, 3.8) is 0 Å². The van der Waals surface area contributed by atoms with Crippen LogP contribution in [0.4, 0.5) is 5.95 Å². The van der Waals surface area contributed by atoms with E-state index in [2.05, 4.69) is 28.2 Å². The van der Waals surface area contributed by atoms with Crippen molar-refractivity contribution in [1.29, 1.82) is 0 Å². The summed E-state index contributed by atoms with van der Waals surface area (Å²) in [6.07, 6.45) is 1.04. The first-order chi connectivity index (χ1) is 13.1. The number of nitrogens with zero attached hydrogens (tertiary/aromatic N) is 2. The fourth-order valence-corrected chi connectivity index (χ4v) is 4.01. The molecule has 1 atom stereocenters. The number of hydrogen-bond donors (Lipinski definition) is 1. The van der Waals surface area contributed by atoms with Gasteiger partial charge in [0.05, 0.1) is 24.1 Å². The maximum absolute atomic E-state index is 12.9. The SMILES string of the molecule is COc1cccc(-c2ccccc2)c1C1CC(=O)c2c(C)nc(N)nc2C1. The first kappa shape index (κ1) is 17.2. The molecule has 0 spiro atoms. The summed E-state index contributed by atoms with van der Waals surface area (Å²) in [4.78, 5) is 21.4. The maximum atomic E-state index is 12.9. The summed E-state index contributed by atoms with van der Waals surface area (Å²) >= 11 is 0. The third-order valence-corrected chi connectivity index (χ3v) is 5.11. The zero-order valence-electron chi connectivity index (χ0n) is 15.4. The van der Waals surface area contributed by atoms with Crippen LogP contribution in [0.1, 0.15) is 39.6 Å². The number of aryl methyl sites for hydroxylation is 1. The Morgan fingerprint density at radius 1 is 1.04 bits per heavy atom. The van der Waals surface area contributed by atoms with Gasteiger partial charge in [-0.05, 0) is 30.5 Å². The molecule has 1 aliphatic rings. The summed E-state index contributed by atoms with van der Waals surface area (Å²) in [6, 6.07) is 16.2. The zero-order valence-corrected chi connectivity index (χ0v) is 15.4. The van der Waals surface area contributed by atoms with Gasteiger partial charge in [-0.2, -0.15) is 0 Å². The molecule has 0 radical (unpaired) electrons. The lowest BCUT2D eigenvalue weighted by atomic mass is 9.78. The number of ether oxygens (including phenoxy) is 1. The summed E-state index contributed by atoms with van der Waals surface area (Å²) < 4.78 is 5.66. The Bertz CT molecular complexity index is 1020. The first-order valence-electron chi connectivity index (χ1n) is 8.97. The van der Waals surface area contributed by atoms with Crippen LogP contribution >= 0.6 is 0 Å². The molecule has 0 saturated carbocycles. The number of nitrogen functional groups attached to an aromatic ring is 1. The molecule has 1 aliphatic carbocycles. The van der Waals surface area contributed by atoms with E-state index in [1.807, 2.05) is 37.3 Å². The normalized spacial score (nSPS) is 16.1. The van der Waals surface area contributed by atoms with Crippen LogP contribution in [0.2, 0.25) is 0 Å². The average molecular weight is 359 g/mol. The fraction of sp³-hybridized carbons (Fsp3) is 0.227. The summed E-state index contributed by atoms with van der Waals surface area (Å²) in [5, 5.41) is 0. The minimum Gasteiger partial charge on any atom is -0.496 e. The molecule has 0 amide bonds. The van der Waals surface area contributed by atoms with E-state index in [0.29, 0.717) is 24.1 Å². The molecular formula is C22H21N3O2. The number of aromatic nitrogens is 2. The van der Waals surface area contributed by atoms with Crippen molar-refractivity contribution in [2.75, 3.05) is 12.8 Å². The van der Waals surface area contributed by atoms with Crippen LogP contribution in [0.3, 0.4) is 0 Å². The molecule has 0 saturated heterocycles. The number of anilines is 1. The molecule has 1 aromatic heterocycles. The highest BCUT2D eigenvalue weighted by Gasteiger charge is 2.32. The minimum atomic E-state index is -0.0231. The third kappa shape index (κ3) is 3.05. The largest absolute Gasteiger partial charge is 0.496 e. The van der Waals surface area contributed by atoms with E-state index in [1.54, 1.807) is 7.11 Å². The van der Waals surface area contributed by atoms with Crippen molar-refractivity contribution in [2.24, 2.45) is 0 Å². The smallest absolute Gasteiger partial charge is 0.220 e. The van der Waals surface area contributed by atoms with E-state index in [1.165, 1.54) is 0 Å². The Labute approximate surface area is 158 Å². The zero-order chi connectivity index (χ0) is 19.0. The summed E-state index contributed by atoms with van der Waals surface area (Å²) in [5.74, 6) is 1.04. The number of rotatable bonds is 3. The maximum Gasteiger partial charge on any atom is 0.220 e. The quantitative estimate of drug-likeness (QED) is 0.766. The molecule has 136 valence electrons. The molecular weight excluding hydrogens is 338 g/mol.